The molecule has 0 aromatic carbocycles. The highest BCUT2D eigenvalue weighted by atomic mass is 16.5. The average Bonchev–Trinajstić information content (AvgIpc) is 3.25. The maximum absolute atomic E-state index is 12.3. The van der Waals surface area contributed by atoms with Gasteiger partial charge < -0.3 is 9.64 Å². The first-order chi connectivity index (χ1) is 11.3. The van der Waals surface area contributed by atoms with E-state index in [1.54, 1.807) is 0 Å². The molecule has 1 aromatic rings. The van der Waals surface area contributed by atoms with Crippen LogP contribution in [-0.2, 0) is 22.6 Å². The van der Waals surface area contributed by atoms with Gasteiger partial charge in [0.1, 0.15) is 6.10 Å². The Labute approximate surface area is 136 Å². The standard InChI is InChI=1S/C15H26N6O2/c1-2-3-6-21-14(16-17-18-21)12-19-7-9-20(10-8-19)15(22)13-5-4-11-23-13/h13H,2-12H2,1H3. The van der Waals surface area contributed by atoms with Gasteiger partial charge in [0.05, 0.1) is 6.54 Å². The number of hydrogen-bond acceptors (Lipinski definition) is 6. The molecule has 2 aliphatic rings. The average molecular weight is 322 g/mol. The molecule has 2 fully saturated rings. The van der Waals surface area contributed by atoms with Crippen molar-refractivity contribution in [1.82, 2.24) is 30.0 Å². The summed E-state index contributed by atoms with van der Waals surface area (Å²) in [5.41, 5.74) is 0. The van der Waals surface area contributed by atoms with Gasteiger partial charge in [-0.05, 0) is 29.7 Å². The van der Waals surface area contributed by atoms with Crippen molar-refractivity contribution in [2.24, 2.45) is 0 Å². The lowest BCUT2D eigenvalue weighted by molar-refractivity contribution is -0.142. The number of nitrogens with zero attached hydrogens (tertiary/aromatic N) is 6. The zero-order valence-electron chi connectivity index (χ0n) is 13.9. The molecule has 1 atom stereocenters. The number of aryl methyl sites for hydroxylation is 1. The van der Waals surface area contributed by atoms with Crippen molar-refractivity contribution in [3.8, 4) is 0 Å². The van der Waals surface area contributed by atoms with E-state index >= 15 is 0 Å². The van der Waals surface area contributed by atoms with Crippen molar-refractivity contribution in [2.45, 2.75) is 51.8 Å². The van der Waals surface area contributed by atoms with Gasteiger partial charge in [0.2, 0.25) is 0 Å². The van der Waals surface area contributed by atoms with Crippen molar-refractivity contribution in [1.29, 1.82) is 0 Å². The normalized spacial score (nSPS) is 22.7. The molecular weight excluding hydrogens is 296 g/mol. The summed E-state index contributed by atoms with van der Waals surface area (Å²) >= 11 is 0. The maximum atomic E-state index is 12.3. The molecule has 128 valence electrons. The van der Waals surface area contributed by atoms with E-state index in [0.29, 0.717) is 0 Å². The van der Waals surface area contributed by atoms with Crippen LogP contribution >= 0.6 is 0 Å². The van der Waals surface area contributed by atoms with Crippen molar-refractivity contribution < 1.29 is 9.53 Å². The molecule has 23 heavy (non-hydrogen) atoms. The quantitative estimate of drug-likeness (QED) is 0.749. The number of ether oxygens (including phenoxy) is 1. The molecule has 8 heteroatoms. The molecule has 0 bridgehead atoms. The Morgan fingerprint density at radius 2 is 2.13 bits per heavy atom. The molecule has 1 unspecified atom stereocenters. The van der Waals surface area contributed by atoms with Crippen LogP contribution in [0.1, 0.15) is 38.4 Å². The lowest BCUT2D eigenvalue weighted by Crippen LogP contribution is -2.51. The van der Waals surface area contributed by atoms with Gasteiger partial charge in [-0.3, -0.25) is 9.69 Å². The molecule has 0 spiro atoms. The molecular formula is C15H26N6O2. The third-order valence-electron chi connectivity index (χ3n) is 4.58. The summed E-state index contributed by atoms with van der Waals surface area (Å²) in [6.45, 7) is 7.74. The lowest BCUT2D eigenvalue weighted by atomic mass is 10.2. The zero-order chi connectivity index (χ0) is 16.1. The first kappa shape index (κ1) is 16.3. The molecule has 2 aliphatic heterocycles. The third kappa shape index (κ3) is 4.06. The maximum Gasteiger partial charge on any atom is 0.251 e. The van der Waals surface area contributed by atoms with Gasteiger partial charge in [-0.25, -0.2) is 4.68 Å². The number of piperazine rings is 1. The van der Waals surface area contributed by atoms with E-state index < -0.39 is 0 Å². The first-order valence-electron chi connectivity index (χ1n) is 8.65. The highest BCUT2D eigenvalue weighted by molar-refractivity contribution is 5.81. The second-order valence-corrected chi connectivity index (χ2v) is 6.27. The van der Waals surface area contributed by atoms with Gasteiger partial charge in [-0.15, -0.1) is 5.10 Å². The fourth-order valence-electron chi connectivity index (χ4n) is 3.12. The molecule has 2 saturated heterocycles. The van der Waals surface area contributed by atoms with E-state index in [4.69, 9.17) is 4.74 Å². The number of amides is 1. The van der Waals surface area contributed by atoms with E-state index in [2.05, 4.69) is 27.3 Å². The Kier molecular flexibility index (Phi) is 5.56. The smallest absolute Gasteiger partial charge is 0.251 e. The number of aromatic nitrogens is 4. The van der Waals surface area contributed by atoms with Crippen LogP contribution in [0.4, 0.5) is 0 Å². The van der Waals surface area contributed by atoms with Crippen LogP contribution < -0.4 is 0 Å². The number of hydrogen-bond donors (Lipinski definition) is 0. The summed E-state index contributed by atoms with van der Waals surface area (Å²) in [6, 6.07) is 0. The Morgan fingerprint density at radius 3 is 2.83 bits per heavy atom. The van der Waals surface area contributed by atoms with E-state index in [0.717, 1.165) is 77.4 Å². The minimum absolute atomic E-state index is 0.162. The van der Waals surface area contributed by atoms with E-state index in [1.807, 2.05) is 9.58 Å². The monoisotopic (exact) mass is 322 g/mol. The molecule has 3 heterocycles. The van der Waals surface area contributed by atoms with Crippen molar-refractivity contribution >= 4 is 5.91 Å². The summed E-state index contributed by atoms with van der Waals surface area (Å²) in [7, 11) is 0. The van der Waals surface area contributed by atoms with E-state index in [-0.39, 0.29) is 12.0 Å². The van der Waals surface area contributed by atoms with Crippen LogP contribution in [0.15, 0.2) is 0 Å². The number of tetrazole rings is 1. The molecule has 8 nitrogen and oxygen atoms in total. The molecule has 0 saturated carbocycles. The lowest BCUT2D eigenvalue weighted by Gasteiger charge is -2.35. The second kappa shape index (κ2) is 7.83. The van der Waals surface area contributed by atoms with Crippen LogP contribution in [0.3, 0.4) is 0 Å². The highest BCUT2D eigenvalue weighted by Gasteiger charge is 2.30. The topological polar surface area (TPSA) is 76.4 Å². The van der Waals surface area contributed by atoms with E-state index in [1.165, 1.54) is 0 Å². The fourth-order valence-corrected chi connectivity index (χ4v) is 3.12. The van der Waals surface area contributed by atoms with Crippen LogP contribution in [0.2, 0.25) is 0 Å². The molecule has 1 amide bonds. The van der Waals surface area contributed by atoms with Crippen molar-refractivity contribution in [2.75, 3.05) is 32.8 Å². The van der Waals surface area contributed by atoms with Gasteiger partial charge in [0.25, 0.3) is 5.91 Å². The van der Waals surface area contributed by atoms with Gasteiger partial charge in [0, 0.05) is 39.3 Å². The van der Waals surface area contributed by atoms with Crippen molar-refractivity contribution in [3.05, 3.63) is 5.82 Å². The summed E-state index contributed by atoms with van der Waals surface area (Å²) in [5, 5.41) is 12.0. The second-order valence-electron chi connectivity index (χ2n) is 6.27. The summed E-state index contributed by atoms with van der Waals surface area (Å²) in [6.07, 6.45) is 3.87. The minimum atomic E-state index is -0.206. The Hall–Kier alpha value is -1.54. The van der Waals surface area contributed by atoms with Gasteiger partial charge >= 0.3 is 0 Å². The molecule has 1 aromatic heterocycles. The summed E-state index contributed by atoms with van der Waals surface area (Å²) in [5.74, 6) is 1.08. The van der Waals surface area contributed by atoms with Gasteiger partial charge in [-0.1, -0.05) is 13.3 Å². The van der Waals surface area contributed by atoms with Crippen LogP contribution in [0, 0.1) is 0 Å². The van der Waals surface area contributed by atoms with Crippen LogP contribution in [0.5, 0.6) is 0 Å². The minimum Gasteiger partial charge on any atom is -0.368 e. The van der Waals surface area contributed by atoms with E-state index in [9.17, 15) is 4.79 Å². The fraction of sp³-hybridized carbons (Fsp3) is 0.867. The number of unbranched alkanes of at least 4 members (excludes halogenated alkanes) is 1. The van der Waals surface area contributed by atoms with Gasteiger partial charge in [0.15, 0.2) is 5.82 Å². The summed E-state index contributed by atoms with van der Waals surface area (Å²) < 4.78 is 7.39. The van der Waals surface area contributed by atoms with Crippen LogP contribution in [-0.4, -0.2) is 74.8 Å². The number of rotatable bonds is 6. The van der Waals surface area contributed by atoms with Crippen molar-refractivity contribution in [3.63, 3.8) is 0 Å². The Morgan fingerprint density at radius 1 is 1.30 bits per heavy atom. The molecule has 0 N–H and O–H groups in total. The highest BCUT2D eigenvalue weighted by Crippen LogP contribution is 2.16. The van der Waals surface area contributed by atoms with Gasteiger partial charge in [-0.2, -0.15) is 0 Å². The predicted molar refractivity (Wildman–Crippen MR) is 83.6 cm³/mol. The molecule has 0 aliphatic carbocycles. The summed E-state index contributed by atoms with van der Waals surface area (Å²) in [4.78, 5) is 16.6. The molecule has 0 radical (unpaired) electrons. The third-order valence-corrected chi connectivity index (χ3v) is 4.58. The Balaban J connectivity index is 1.47. The van der Waals surface area contributed by atoms with Crippen LogP contribution in [0.25, 0.3) is 0 Å². The Bertz CT molecular complexity index is 506. The SMILES string of the molecule is CCCCn1nnnc1CN1CCN(C(=O)C2CCCO2)CC1. The number of carbonyl (C=O) groups excluding carboxylic acids is 1. The zero-order valence-corrected chi connectivity index (χ0v) is 13.9. The largest absolute Gasteiger partial charge is 0.368 e. The molecule has 3 rings (SSSR count). The number of carbonyl (C=O) groups is 1. The predicted octanol–water partition coefficient (Wildman–Crippen LogP) is 0.296. The first-order valence-corrected chi connectivity index (χ1v) is 8.65.